The van der Waals surface area contributed by atoms with Crippen LogP contribution in [0.1, 0.15) is 32.7 Å². The molecule has 4 heteroatoms. The second-order valence-corrected chi connectivity index (χ2v) is 4.93. The molecule has 1 atom stereocenters. The monoisotopic (exact) mass is 259 g/mol. The van der Waals surface area contributed by atoms with E-state index in [9.17, 15) is 4.79 Å². The van der Waals surface area contributed by atoms with Crippen molar-refractivity contribution in [3.63, 3.8) is 0 Å². The Bertz CT molecular complexity index is 561. The minimum atomic E-state index is -0.214. The fraction of sp³-hybridized carbons (Fsp3) is 0.467. The Balaban J connectivity index is 2.19. The van der Waals surface area contributed by atoms with Gasteiger partial charge in [-0.3, -0.25) is 4.79 Å². The number of hydrogen-bond donors (Lipinski definition) is 0. The molecule has 0 saturated carbocycles. The first-order valence-electron chi connectivity index (χ1n) is 6.81. The lowest BCUT2D eigenvalue weighted by Gasteiger charge is -2.22. The molecule has 1 amide bonds. The van der Waals surface area contributed by atoms with Crippen molar-refractivity contribution in [1.29, 1.82) is 0 Å². The second kappa shape index (κ2) is 5.87. The number of likely N-dealkylation sites (N-methyl/N-ethyl adjacent to an activating group) is 1. The number of carbonyl (C=O) groups is 1. The fourth-order valence-electron chi connectivity index (χ4n) is 2.23. The molecule has 0 aliphatic heterocycles. The third kappa shape index (κ3) is 2.78. The highest BCUT2D eigenvalue weighted by Gasteiger charge is 2.20. The standard InChI is InChI=1S/C15H21N3O/c1-4-5-10-17(3)15(19)12(2)18-11-16-13-8-6-7-9-14(13)18/h6-9,11-12H,4-5,10H2,1-3H3. The van der Waals surface area contributed by atoms with E-state index in [2.05, 4.69) is 11.9 Å². The summed E-state index contributed by atoms with van der Waals surface area (Å²) in [6.07, 6.45) is 3.89. The predicted octanol–water partition coefficient (Wildman–Crippen LogP) is 2.86. The van der Waals surface area contributed by atoms with E-state index < -0.39 is 0 Å². The number of benzene rings is 1. The zero-order valence-corrected chi connectivity index (χ0v) is 11.8. The summed E-state index contributed by atoms with van der Waals surface area (Å²) in [4.78, 5) is 18.5. The summed E-state index contributed by atoms with van der Waals surface area (Å²) in [6, 6.07) is 7.68. The number of imidazole rings is 1. The lowest BCUT2D eigenvalue weighted by Crippen LogP contribution is -2.33. The number of amides is 1. The maximum Gasteiger partial charge on any atom is 0.245 e. The summed E-state index contributed by atoms with van der Waals surface area (Å²) in [6.45, 7) is 4.87. The second-order valence-electron chi connectivity index (χ2n) is 4.93. The summed E-state index contributed by atoms with van der Waals surface area (Å²) in [7, 11) is 1.87. The van der Waals surface area contributed by atoms with Gasteiger partial charge in [-0.25, -0.2) is 4.98 Å². The van der Waals surface area contributed by atoms with Gasteiger partial charge in [0, 0.05) is 13.6 Å². The number of rotatable bonds is 5. The Morgan fingerprint density at radius 3 is 2.89 bits per heavy atom. The maximum atomic E-state index is 12.4. The van der Waals surface area contributed by atoms with Gasteiger partial charge in [0.05, 0.1) is 17.4 Å². The highest BCUT2D eigenvalue weighted by molar-refractivity contribution is 5.83. The molecule has 0 N–H and O–H groups in total. The zero-order valence-electron chi connectivity index (χ0n) is 11.8. The van der Waals surface area contributed by atoms with Crippen molar-refractivity contribution >= 4 is 16.9 Å². The lowest BCUT2D eigenvalue weighted by atomic mass is 10.2. The molecule has 0 spiro atoms. The van der Waals surface area contributed by atoms with E-state index in [-0.39, 0.29) is 11.9 Å². The van der Waals surface area contributed by atoms with E-state index in [1.165, 1.54) is 0 Å². The predicted molar refractivity (Wildman–Crippen MR) is 77.0 cm³/mol. The number of unbranched alkanes of at least 4 members (excludes halogenated alkanes) is 1. The van der Waals surface area contributed by atoms with Crippen molar-refractivity contribution in [3.8, 4) is 0 Å². The van der Waals surface area contributed by atoms with Crippen molar-refractivity contribution in [2.24, 2.45) is 0 Å². The molecular weight excluding hydrogens is 238 g/mol. The minimum Gasteiger partial charge on any atom is -0.344 e. The van der Waals surface area contributed by atoms with E-state index in [1.54, 1.807) is 6.33 Å². The molecule has 1 unspecified atom stereocenters. The molecule has 2 aromatic rings. The highest BCUT2D eigenvalue weighted by atomic mass is 16.2. The maximum absolute atomic E-state index is 12.4. The summed E-state index contributed by atoms with van der Waals surface area (Å²) in [5, 5.41) is 0. The number of carbonyl (C=O) groups excluding carboxylic acids is 1. The van der Waals surface area contributed by atoms with Gasteiger partial charge in [0.25, 0.3) is 0 Å². The fourth-order valence-corrected chi connectivity index (χ4v) is 2.23. The van der Waals surface area contributed by atoms with Gasteiger partial charge in [-0.2, -0.15) is 0 Å². The summed E-state index contributed by atoms with van der Waals surface area (Å²) < 4.78 is 1.94. The SMILES string of the molecule is CCCCN(C)C(=O)C(C)n1cnc2ccccc21. The van der Waals surface area contributed by atoms with Crippen molar-refractivity contribution in [2.45, 2.75) is 32.7 Å². The summed E-state index contributed by atoms with van der Waals surface area (Å²) in [5.41, 5.74) is 1.94. The number of fused-ring (bicyclic) bond motifs is 1. The van der Waals surface area contributed by atoms with Gasteiger partial charge in [0.1, 0.15) is 6.04 Å². The summed E-state index contributed by atoms with van der Waals surface area (Å²) >= 11 is 0. The molecule has 0 aliphatic rings. The third-order valence-corrected chi connectivity index (χ3v) is 3.48. The minimum absolute atomic E-state index is 0.136. The zero-order chi connectivity index (χ0) is 13.8. The topological polar surface area (TPSA) is 38.1 Å². The molecular formula is C15H21N3O. The Morgan fingerprint density at radius 2 is 2.16 bits per heavy atom. The van der Waals surface area contributed by atoms with Gasteiger partial charge in [-0.1, -0.05) is 25.5 Å². The van der Waals surface area contributed by atoms with Gasteiger partial charge in [-0.15, -0.1) is 0 Å². The van der Waals surface area contributed by atoms with Crippen LogP contribution in [-0.2, 0) is 4.79 Å². The van der Waals surface area contributed by atoms with E-state index >= 15 is 0 Å². The molecule has 4 nitrogen and oxygen atoms in total. The normalized spacial score (nSPS) is 12.6. The van der Waals surface area contributed by atoms with Gasteiger partial charge in [0.15, 0.2) is 0 Å². The Labute approximate surface area is 114 Å². The first kappa shape index (κ1) is 13.6. The average molecular weight is 259 g/mol. The molecule has 0 saturated heterocycles. The smallest absolute Gasteiger partial charge is 0.245 e. The molecule has 19 heavy (non-hydrogen) atoms. The van der Waals surface area contributed by atoms with E-state index in [0.717, 1.165) is 30.4 Å². The lowest BCUT2D eigenvalue weighted by molar-refractivity contribution is -0.132. The average Bonchev–Trinajstić information content (AvgIpc) is 2.87. The van der Waals surface area contributed by atoms with Gasteiger partial charge >= 0.3 is 0 Å². The van der Waals surface area contributed by atoms with Gasteiger partial charge in [0.2, 0.25) is 5.91 Å². The molecule has 102 valence electrons. The van der Waals surface area contributed by atoms with Crippen molar-refractivity contribution in [3.05, 3.63) is 30.6 Å². The quantitative estimate of drug-likeness (QED) is 0.828. The molecule has 1 aromatic heterocycles. The molecule has 0 bridgehead atoms. The Morgan fingerprint density at radius 1 is 1.42 bits per heavy atom. The van der Waals surface area contributed by atoms with Crippen LogP contribution in [-0.4, -0.2) is 34.0 Å². The largest absolute Gasteiger partial charge is 0.344 e. The molecule has 1 heterocycles. The van der Waals surface area contributed by atoms with Crippen LogP contribution < -0.4 is 0 Å². The Kier molecular flexibility index (Phi) is 4.20. The van der Waals surface area contributed by atoms with Gasteiger partial charge in [-0.05, 0) is 25.5 Å². The molecule has 0 radical (unpaired) electrons. The van der Waals surface area contributed by atoms with Crippen LogP contribution in [0.5, 0.6) is 0 Å². The third-order valence-electron chi connectivity index (χ3n) is 3.48. The molecule has 0 aliphatic carbocycles. The van der Waals surface area contributed by atoms with Crippen molar-refractivity contribution < 1.29 is 4.79 Å². The first-order chi connectivity index (χ1) is 9.15. The first-order valence-corrected chi connectivity index (χ1v) is 6.81. The van der Waals surface area contributed by atoms with Crippen LogP contribution >= 0.6 is 0 Å². The van der Waals surface area contributed by atoms with Crippen LogP contribution in [0.3, 0.4) is 0 Å². The van der Waals surface area contributed by atoms with Gasteiger partial charge < -0.3 is 9.47 Å². The van der Waals surface area contributed by atoms with Crippen molar-refractivity contribution in [1.82, 2.24) is 14.5 Å². The van der Waals surface area contributed by atoms with E-state index in [1.807, 2.05) is 47.7 Å². The summed E-state index contributed by atoms with van der Waals surface area (Å²) in [5.74, 6) is 0.136. The van der Waals surface area contributed by atoms with Crippen LogP contribution in [0.2, 0.25) is 0 Å². The van der Waals surface area contributed by atoms with Crippen LogP contribution in [0.25, 0.3) is 11.0 Å². The van der Waals surface area contributed by atoms with E-state index in [4.69, 9.17) is 0 Å². The van der Waals surface area contributed by atoms with E-state index in [0.29, 0.717) is 0 Å². The Hall–Kier alpha value is -1.84. The number of para-hydroxylation sites is 2. The number of hydrogen-bond acceptors (Lipinski definition) is 2. The van der Waals surface area contributed by atoms with Crippen molar-refractivity contribution in [2.75, 3.05) is 13.6 Å². The molecule has 1 aromatic carbocycles. The van der Waals surface area contributed by atoms with Crippen LogP contribution in [0, 0.1) is 0 Å². The number of nitrogens with zero attached hydrogens (tertiary/aromatic N) is 3. The molecule has 2 rings (SSSR count). The van der Waals surface area contributed by atoms with Crippen LogP contribution in [0.15, 0.2) is 30.6 Å². The number of aromatic nitrogens is 2. The van der Waals surface area contributed by atoms with Crippen LogP contribution in [0.4, 0.5) is 0 Å². The highest BCUT2D eigenvalue weighted by Crippen LogP contribution is 2.18. The molecule has 0 fully saturated rings.